The van der Waals surface area contributed by atoms with Gasteiger partial charge < -0.3 is 9.73 Å². The number of furan rings is 1. The van der Waals surface area contributed by atoms with Gasteiger partial charge in [-0.1, -0.05) is 25.1 Å². The fourth-order valence-electron chi connectivity index (χ4n) is 2.98. The Kier molecular flexibility index (Phi) is 2.67. The smallest absolute Gasteiger partial charge is 0.134 e. The molecule has 2 heteroatoms. The molecule has 1 fully saturated rings. The second kappa shape index (κ2) is 4.19. The van der Waals surface area contributed by atoms with Crippen molar-refractivity contribution in [1.29, 1.82) is 0 Å². The maximum atomic E-state index is 5.62. The molecule has 2 nitrogen and oxygen atoms in total. The van der Waals surface area contributed by atoms with Gasteiger partial charge >= 0.3 is 0 Å². The Bertz CT molecular complexity index is 508. The molecule has 17 heavy (non-hydrogen) atoms. The summed E-state index contributed by atoms with van der Waals surface area (Å²) >= 11 is 0. The molecule has 1 saturated heterocycles. The van der Waals surface area contributed by atoms with Crippen molar-refractivity contribution in [1.82, 2.24) is 5.32 Å². The van der Waals surface area contributed by atoms with E-state index in [-0.39, 0.29) is 0 Å². The lowest BCUT2D eigenvalue weighted by atomic mass is 9.87. The molecule has 0 spiro atoms. The third kappa shape index (κ3) is 1.87. The van der Waals surface area contributed by atoms with Gasteiger partial charge in [0.25, 0.3) is 0 Å². The molecule has 3 rings (SSSR count). The normalized spacial score (nSPS) is 24.5. The van der Waals surface area contributed by atoms with Crippen molar-refractivity contribution < 1.29 is 4.42 Å². The van der Waals surface area contributed by atoms with Gasteiger partial charge in [0.15, 0.2) is 0 Å². The summed E-state index contributed by atoms with van der Waals surface area (Å²) in [5.74, 6) is 0. The van der Waals surface area contributed by atoms with Crippen LogP contribution in [-0.4, -0.2) is 12.1 Å². The minimum Gasteiger partial charge on any atom is -0.464 e. The van der Waals surface area contributed by atoms with Crippen LogP contribution in [0.1, 0.15) is 31.7 Å². The second-order valence-electron chi connectivity index (χ2n) is 5.10. The van der Waals surface area contributed by atoms with Crippen LogP contribution in [0.25, 0.3) is 11.0 Å². The summed E-state index contributed by atoms with van der Waals surface area (Å²) < 4.78 is 5.62. The van der Waals surface area contributed by atoms with E-state index in [1.54, 1.807) is 0 Å². The second-order valence-corrected chi connectivity index (χ2v) is 5.10. The summed E-state index contributed by atoms with van der Waals surface area (Å²) in [6.45, 7) is 3.43. The van der Waals surface area contributed by atoms with Gasteiger partial charge in [-0.2, -0.15) is 0 Å². The van der Waals surface area contributed by atoms with Crippen molar-refractivity contribution in [2.24, 2.45) is 0 Å². The standard InChI is InChI=1S/C15H19NO/c1-2-15(8-5-9-16-15)10-12-11-17-14-7-4-3-6-13(12)14/h3-4,6-7,11,16H,2,5,8-10H2,1H3. The molecule has 1 N–H and O–H groups in total. The average molecular weight is 229 g/mol. The SMILES string of the molecule is CCC1(Cc2coc3ccccc23)CCCN1. The lowest BCUT2D eigenvalue weighted by molar-refractivity contribution is 0.359. The summed E-state index contributed by atoms with van der Waals surface area (Å²) in [5.41, 5.74) is 2.65. The predicted octanol–water partition coefficient (Wildman–Crippen LogP) is 3.51. The minimum atomic E-state index is 0.298. The highest BCUT2D eigenvalue weighted by Crippen LogP contribution is 2.31. The number of hydrogen-bond acceptors (Lipinski definition) is 2. The lowest BCUT2D eigenvalue weighted by Crippen LogP contribution is -2.41. The van der Waals surface area contributed by atoms with Gasteiger partial charge in [0, 0.05) is 16.5 Å². The fraction of sp³-hybridized carbons (Fsp3) is 0.467. The Morgan fingerprint density at radius 2 is 2.24 bits per heavy atom. The Morgan fingerprint density at radius 1 is 1.35 bits per heavy atom. The van der Waals surface area contributed by atoms with Crippen molar-refractivity contribution in [3.63, 3.8) is 0 Å². The van der Waals surface area contributed by atoms with Crippen LogP contribution in [0.5, 0.6) is 0 Å². The van der Waals surface area contributed by atoms with Crippen LogP contribution in [0.3, 0.4) is 0 Å². The fourth-order valence-corrected chi connectivity index (χ4v) is 2.98. The van der Waals surface area contributed by atoms with E-state index in [0.717, 1.165) is 18.5 Å². The van der Waals surface area contributed by atoms with Crippen LogP contribution < -0.4 is 5.32 Å². The average Bonchev–Trinajstić information content (AvgIpc) is 2.99. The van der Waals surface area contributed by atoms with E-state index in [1.165, 1.54) is 30.2 Å². The first-order valence-corrected chi connectivity index (χ1v) is 6.53. The van der Waals surface area contributed by atoms with E-state index in [0.29, 0.717) is 5.54 Å². The van der Waals surface area contributed by atoms with Gasteiger partial charge in [-0.3, -0.25) is 0 Å². The van der Waals surface area contributed by atoms with Crippen molar-refractivity contribution in [2.45, 2.75) is 38.1 Å². The number of rotatable bonds is 3. The highest BCUT2D eigenvalue weighted by molar-refractivity contribution is 5.81. The largest absolute Gasteiger partial charge is 0.464 e. The van der Waals surface area contributed by atoms with E-state index in [4.69, 9.17) is 4.42 Å². The Hall–Kier alpha value is -1.28. The Labute approximate surface area is 102 Å². The highest BCUT2D eigenvalue weighted by atomic mass is 16.3. The Morgan fingerprint density at radius 3 is 3.00 bits per heavy atom. The van der Waals surface area contributed by atoms with Crippen LogP contribution in [0.4, 0.5) is 0 Å². The first-order valence-electron chi connectivity index (χ1n) is 6.53. The zero-order valence-corrected chi connectivity index (χ0v) is 10.3. The third-order valence-corrected chi connectivity index (χ3v) is 4.10. The molecule has 1 aliphatic rings. The lowest BCUT2D eigenvalue weighted by Gasteiger charge is -2.27. The van der Waals surface area contributed by atoms with Crippen LogP contribution in [0.15, 0.2) is 34.9 Å². The number of fused-ring (bicyclic) bond motifs is 1. The van der Waals surface area contributed by atoms with Gasteiger partial charge in [-0.25, -0.2) is 0 Å². The van der Waals surface area contributed by atoms with Crippen molar-refractivity contribution in [3.8, 4) is 0 Å². The van der Waals surface area contributed by atoms with E-state index in [9.17, 15) is 0 Å². The van der Waals surface area contributed by atoms with Gasteiger partial charge in [-0.05, 0) is 38.3 Å². The molecule has 2 aromatic rings. The summed E-state index contributed by atoms with van der Waals surface area (Å²) in [6.07, 6.45) is 6.78. The number of para-hydroxylation sites is 1. The van der Waals surface area contributed by atoms with Crippen molar-refractivity contribution >= 4 is 11.0 Å². The molecule has 90 valence electrons. The van der Waals surface area contributed by atoms with Gasteiger partial charge in [0.05, 0.1) is 6.26 Å². The molecule has 1 aliphatic heterocycles. The Balaban J connectivity index is 1.94. The van der Waals surface area contributed by atoms with Gasteiger partial charge in [0.2, 0.25) is 0 Å². The molecule has 1 aromatic carbocycles. The van der Waals surface area contributed by atoms with Crippen molar-refractivity contribution in [3.05, 3.63) is 36.1 Å². The van der Waals surface area contributed by atoms with Crippen LogP contribution in [0, 0.1) is 0 Å². The van der Waals surface area contributed by atoms with Crippen LogP contribution >= 0.6 is 0 Å². The van der Waals surface area contributed by atoms with Crippen molar-refractivity contribution in [2.75, 3.05) is 6.54 Å². The quantitative estimate of drug-likeness (QED) is 0.871. The van der Waals surface area contributed by atoms with Crippen LogP contribution in [-0.2, 0) is 6.42 Å². The zero-order valence-electron chi connectivity index (χ0n) is 10.3. The van der Waals surface area contributed by atoms with Gasteiger partial charge in [0.1, 0.15) is 5.58 Å². The molecular weight excluding hydrogens is 210 g/mol. The number of benzene rings is 1. The molecule has 0 saturated carbocycles. The molecule has 1 aromatic heterocycles. The van der Waals surface area contributed by atoms with E-state index in [1.807, 2.05) is 18.4 Å². The molecule has 1 atom stereocenters. The molecule has 0 amide bonds. The molecule has 0 aliphatic carbocycles. The maximum Gasteiger partial charge on any atom is 0.134 e. The zero-order chi connectivity index (χ0) is 11.7. The molecule has 1 unspecified atom stereocenters. The highest BCUT2D eigenvalue weighted by Gasteiger charge is 2.32. The molecular formula is C15H19NO. The predicted molar refractivity (Wildman–Crippen MR) is 70.2 cm³/mol. The topological polar surface area (TPSA) is 25.2 Å². The first kappa shape index (κ1) is 10.8. The summed E-state index contributed by atoms with van der Waals surface area (Å²) in [4.78, 5) is 0. The molecule has 2 heterocycles. The van der Waals surface area contributed by atoms with E-state index >= 15 is 0 Å². The third-order valence-electron chi connectivity index (χ3n) is 4.10. The summed E-state index contributed by atoms with van der Waals surface area (Å²) in [5, 5.41) is 4.95. The van der Waals surface area contributed by atoms with E-state index < -0.39 is 0 Å². The summed E-state index contributed by atoms with van der Waals surface area (Å²) in [6, 6.07) is 8.31. The summed E-state index contributed by atoms with van der Waals surface area (Å²) in [7, 11) is 0. The monoisotopic (exact) mass is 229 g/mol. The first-order chi connectivity index (χ1) is 8.33. The molecule has 0 radical (unpaired) electrons. The molecule has 0 bridgehead atoms. The number of hydrogen-bond donors (Lipinski definition) is 1. The van der Waals surface area contributed by atoms with Crippen LogP contribution in [0.2, 0.25) is 0 Å². The minimum absolute atomic E-state index is 0.298. The number of nitrogens with one attached hydrogen (secondary N) is 1. The van der Waals surface area contributed by atoms with Gasteiger partial charge in [-0.15, -0.1) is 0 Å². The van der Waals surface area contributed by atoms with E-state index in [2.05, 4.69) is 24.4 Å². The maximum absolute atomic E-state index is 5.62.